The van der Waals surface area contributed by atoms with Gasteiger partial charge < -0.3 is 0 Å². The van der Waals surface area contributed by atoms with Crippen molar-refractivity contribution in [2.24, 2.45) is 0 Å². The number of fused-ring (bicyclic) bond motifs is 6. The van der Waals surface area contributed by atoms with E-state index in [1.807, 2.05) is 0 Å². The Kier molecular flexibility index (Phi) is 3.84. The highest BCUT2D eigenvalue weighted by molar-refractivity contribution is 5.91. The number of rotatable bonds is 2. The molecule has 0 radical (unpaired) electrons. The highest BCUT2D eigenvalue weighted by Gasteiger charge is 2.47. The minimum absolute atomic E-state index is 0.329. The monoisotopic (exact) mass is 420 g/mol. The van der Waals surface area contributed by atoms with Crippen LogP contribution in [0.4, 0.5) is 0 Å². The molecule has 0 aromatic heterocycles. The zero-order valence-electron chi connectivity index (χ0n) is 18.6. The van der Waals surface area contributed by atoms with Gasteiger partial charge in [0, 0.05) is 5.92 Å². The van der Waals surface area contributed by atoms with Gasteiger partial charge in [0.05, 0.1) is 5.41 Å². The third-order valence-electron chi connectivity index (χ3n) is 7.81. The van der Waals surface area contributed by atoms with Crippen LogP contribution in [0.2, 0.25) is 0 Å². The van der Waals surface area contributed by atoms with Crippen molar-refractivity contribution in [3.63, 3.8) is 0 Å². The normalized spacial score (nSPS) is 16.6. The third-order valence-corrected chi connectivity index (χ3v) is 7.81. The van der Waals surface area contributed by atoms with Gasteiger partial charge in [-0.2, -0.15) is 0 Å². The maximum absolute atomic E-state index is 2.51. The molecule has 1 unspecified atom stereocenters. The molecular weight excluding hydrogens is 396 g/mol. The van der Waals surface area contributed by atoms with Gasteiger partial charge in [-0.1, -0.05) is 116 Å². The molecule has 0 heteroatoms. The van der Waals surface area contributed by atoms with Gasteiger partial charge in [0.1, 0.15) is 0 Å². The topological polar surface area (TPSA) is 0 Å². The number of hydrogen-bond donors (Lipinski definition) is 0. The van der Waals surface area contributed by atoms with Crippen LogP contribution in [0.3, 0.4) is 0 Å². The fourth-order valence-corrected chi connectivity index (χ4v) is 6.38. The molecule has 0 aliphatic heterocycles. The molecule has 0 heterocycles. The summed E-state index contributed by atoms with van der Waals surface area (Å²) >= 11 is 0. The summed E-state index contributed by atoms with van der Waals surface area (Å²) in [6.07, 6.45) is 0. The Morgan fingerprint density at radius 1 is 0.455 bits per heavy atom. The standard InChI is InChI=1S/C33H24/c1-22-25-16-8-9-17-26(25)29-21-32-30(20-28(22)29)27-18-10-11-19-31(27)33(32,23-12-4-2-5-13-23)24-14-6-3-7-15-24/h2-22H,1H3. The first-order valence-corrected chi connectivity index (χ1v) is 11.8. The van der Waals surface area contributed by atoms with Gasteiger partial charge in [-0.05, 0) is 67.8 Å². The van der Waals surface area contributed by atoms with E-state index in [-0.39, 0.29) is 5.41 Å². The first-order chi connectivity index (χ1) is 16.3. The van der Waals surface area contributed by atoms with E-state index in [1.165, 1.54) is 55.6 Å². The second-order valence-corrected chi connectivity index (χ2v) is 9.32. The Morgan fingerprint density at radius 2 is 1.03 bits per heavy atom. The zero-order valence-corrected chi connectivity index (χ0v) is 18.6. The SMILES string of the molecule is CC1c2ccccc2-c2cc3c(cc21)-c1ccccc1C3(c1ccccc1)c1ccccc1. The Balaban J connectivity index is 1.64. The van der Waals surface area contributed by atoms with E-state index in [2.05, 4.69) is 128 Å². The molecule has 5 aromatic carbocycles. The first kappa shape index (κ1) is 18.7. The van der Waals surface area contributed by atoms with E-state index in [0.717, 1.165) is 0 Å². The second kappa shape index (κ2) is 6.80. The van der Waals surface area contributed by atoms with Crippen LogP contribution in [0.5, 0.6) is 0 Å². The lowest BCUT2D eigenvalue weighted by Gasteiger charge is -2.34. The van der Waals surface area contributed by atoms with Crippen molar-refractivity contribution in [3.8, 4) is 22.3 Å². The van der Waals surface area contributed by atoms with Crippen molar-refractivity contribution < 1.29 is 0 Å². The number of hydrogen-bond acceptors (Lipinski definition) is 0. The predicted molar refractivity (Wildman–Crippen MR) is 137 cm³/mol. The molecule has 156 valence electrons. The predicted octanol–water partition coefficient (Wildman–Crippen LogP) is 8.18. The molecule has 0 amide bonds. The molecule has 0 nitrogen and oxygen atoms in total. The van der Waals surface area contributed by atoms with Crippen molar-refractivity contribution in [1.82, 2.24) is 0 Å². The summed E-state index contributed by atoms with van der Waals surface area (Å²) in [4.78, 5) is 0. The molecular formula is C33H24. The molecule has 7 rings (SSSR count). The highest BCUT2D eigenvalue weighted by Crippen LogP contribution is 2.59. The molecule has 0 saturated carbocycles. The van der Waals surface area contributed by atoms with Crippen molar-refractivity contribution in [3.05, 3.63) is 155 Å². The number of benzene rings is 5. The Labute approximate surface area is 195 Å². The maximum atomic E-state index is 2.51. The van der Waals surface area contributed by atoms with Crippen LogP contribution in [0.25, 0.3) is 22.3 Å². The summed E-state index contributed by atoms with van der Waals surface area (Å²) in [5.74, 6) is 0.414. The molecule has 0 saturated heterocycles. The van der Waals surface area contributed by atoms with Crippen molar-refractivity contribution in [2.45, 2.75) is 18.3 Å². The van der Waals surface area contributed by atoms with Crippen LogP contribution in [0.1, 0.15) is 46.2 Å². The maximum Gasteiger partial charge on any atom is 0.0713 e. The average molecular weight is 421 g/mol. The van der Waals surface area contributed by atoms with Crippen LogP contribution in [-0.4, -0.2) is 0 Å². The first-order valence-electron chi connectivity index (χ1n) is 11.8. The van der Waals surface area contributed by atoms with Gasteiger partial charge in [0.15, 0.2) is 0 Å². The van der Waals surface area contributed by atoms with Gasteiger partial charge in [-0.3, -0.25) is 0 Å². The Hall–Kier alpha value is -3.90. The van der Waals surface area contributed by atoms with E-state index in [0.29, 0.717) is 5.92 Å². The van der Waals surface area contributed by atoms with Crippen LogP contribution in [-0.2, 0) is 5.41 Å². The molecule has 0 N–H and O–H groups in total. The molecule has 0 fully saturated rings. The van der Waals surface area contributed by atoms with E-state index in [9.17, 15) is 0 Å². The summed E-state index contributed by atoms with van der Waals surface area (Å²) in [5.41, 5.74) is 13.5. The molecule has 1 atom stereocenters. The summed E-state index contributed by atoms with van der Waals surface area (Å²) in [6.45, 7) is 2.35. The van der Waals surface area contributed by atoms with Crippen LogP contribution >= 0.6 is 0 Å². The lowest BCUT2D eigenvalue weighted by molar-refractivity contribution is 0.768. The molecule has 5 aromatic rings. The van der Waals surface area contributed by atoms with E-state index >= 15 is 0 Å². The highest BCUT2D eigenvalue weighted by atomic mass is 14.5. The smallest absolute Gasteiger partial charge is 0.0622 e. The molecule has 33 heavy (non-hydrogen) atoms. The minimum Gasteiger partial charge on any atom is -0.0622 e. The Bertz CT molecular complexity index is 1470. The molecule has 0 bridgehead atoms. The quantitative estimate of drug-likeness (QED) is 0.265. The zero-order chi connectivity index (χ0) is 22.0. The van der Waals surface area contributed by atoms with Gasteiger partial charge in [0.25, 0.3) is 0 Å². The van der Waals surface area contributed by atoms with Crippen LogP contribution in [0.15, 0.2) is 121 Å². The summed E-state index contributed by atoms with van der Waals surface area (Å²) < 4.78 is 0. The summed E-state index contributed by atoms with van der Waals surface area (Å²) in [7, 11) is 0. The Morgan fingerprint density at radius 3 is 1.73 bits per heavy atom. The van der Waals surface area contributed by atoms with Crippen molar-refractivity contribution in [2.75, 3.05) is 0 Å². The fraction of sp³-hybridized carbons (Fsp3) is 0.0909. The fourth-order valence-electron chi connectivity index (χ4n) is 6.38. The van der Waals surface area contributed by atoms with Crippen LogP contribution < -0.4 is 0 Å². The van der Waals surface area contributed by atoms with Crippen LogP contribution in [0, 0.1) is 0 Å². The van der Waals surface area contributed by atoms with Gasteiger partial charge in [0.2, 0.25) is 0 Å². The minimum atomic E-state index is -0.329. The van der Waals surface area contributed by atoms with Crippen molar-refractivity contribution in [1.29, 1.82) is 0 Å². The average Bonchev–Trinajstić information content (AvgIpc) is 3.34. The lowest BCUT2D eigenvalue weighted by atomic mass is 9.67. The molecule has 2 aliphatic carbocycles. The van der Waals surface area contributed by atoms with E-state index in [1.54, 1.807) is 0 Å². The van der Waals surface area contributed by atoms with E-state index in [4.69, 9.17) is 0 Å². The lowest BCUT2D eigenvalue weighted by Crippen LogP contribution is -2.28. The van der Waals surface area contributed by atoms with E-state index < -0.39 is 0 Å². The molecule has 0 spiro atoms. The second-order valence-electron chi connectivity index (χ2n) is 9.32. The van der Waals surface area contributed by atoms with Gasteiger partial charge >= 0.3 is 0 Å². The summed E-state index contributed by atoms with van der Waals surface area (Å²) in [5, 5.41) is 0. The largest absolute Gasteiger partial charge is 0.0713 e. The van der Waals surface area contributed by atoms with Gasteiger partial charge in [-0.15, -0.1) is 0 Å². The summed E-state index contributed by atoms with van der Waals surface area (Å²) in [6, 6.07) is 45.0. The molecule has 2 aliphatic rings. The van der Waals surface area contributed by atoms with Crippen molar-refractivity contribution >= 4 is 0 Å². The third kappa shape index (κ3) is 2.36. The van der Waals surface area contributed by atoms with Gasteiger partial charge in [-0.25, -0.2) is 0 Å².